The fourth-order valence-electron chi connectivity index (χ4n) is 3.26. The van der Waals surface area contributed by atoms with Gasteiger partial charge in [-0.15, -0.1) is 0 Å². The Morgan fingerprint density at radius 3 is 2.63 bits per heavy atom. The number of nitrogens with one attached hydrogen (secondary N) is 1. The first kappa shape index (κ1) is 11.3. The number of hydrogen-bond donors (Lipinski definition) is 1. The molecule has 0 bridgehead atoms. The van der Waals surface area contributed by atoms with Crippen molar-refractivity contribution in [3.8, 4) is 0 Å². The Balaban J connectivity index is 1.48. The van der Waals surface area contributed by atoms with E-state index in [0.29, 0.717) is 5.92 Å². The first-order chi connectivity index (χ1) is 9.28. The van der Waals surface area contributed by atoms with Crippen molar-refractivity contribution < 1.29 is 4.79 Å². The maximum Gasteiger partial charge on any atom is 0.230 e. The van der Waals surface area contributed by atoms with E-state index in [9.17, 15) is 4.79 Å². The fraction of sp³-hybridized carbons (Fsp3) is 0.562. The number of nitrogens with zero attached hydrogens (tertiary/aromatic N) is 1. The number of rotatable bonds is 3. The smallest absolute Gasteiger partial charge is 0.230 e. The molecule has 0 spiro atoms. The number of amides is 1. The van der Waals surface area contributed by atoms with Crippen molar-refractivity contribution in [3.63, 3.8) is 0 Å². The molecule has 2 aliphatic carbocycles. The van der Waals surface area contributed by atoms with Crippen molar-refractivity contribution in [2.75, 3.05) is 23.3 Å². The molecule has 1 aromatic rings. The number of anilines is 2. The summed E-state index contributed by atoms with van der Waals surface area (Å²) in [6.45, 7) is 2.28. The SMILES string of the molecule is O=C(Nc1cccc(N2CCCCC2)c1)C12CC1C2. The van der Waals surface area contributed by atoms with Gasteiger partial charge >= 0.3 is 0 Å². The summed E-state index contributed by atoms with van der Waals surface area (Å²) in [5.41, 5.74) is 2.26. The molecule has 19 heavy (non-hydrogen) atoms. The largest absolute Gasteiger partial charge is 0.371 e. The van der Waals surface area contributed by atoms with E-state index in [1.54, 1.807) is 0 Å². The molecule has 0 atom stereocenters. The van der Waals surface area contributed by atoms with E-state index in [4.69, 9.17) is 0 Å². The molecule has 1 saturated heterocycles. The zero-order valence-electron chi connectivity index (χ0n) is 11.2. The lowest BCUT2D eigenvalue weighted by Gasteiger charge is -2.29. The summed E-state index contributed by atoms with van der Waals surface area (Å²) in [5.74, 6) is 0.950. The van der Waals surface area contributed by atoms with E-state index < -0.39 is 0 Å². The predicted molar refractivity (Wildman–Crippen MR) is 76.3 cm³/mol. The average molecular weight is 256 g/mol. The second kappa shape index (κ2) is 3.99. The van der Waals surface area contributed by atoms with Crippen LogP contribution in [0, 0.1) is 11.3 Å². The van der Waals surface area contributed by atoms with Crippen molar-refractivity contribution >= 4 is 17.3 Å². The van der Waals surface area contributed by atoms with E-state index in [1.165, 1.54) is 24.9 Å². The summed E-state index contributed by atoms with van der Waals surface area (Å²) in [5, 5.41) is 3.10. The van der Waals surface area contributed by atoms with Gasteiger partial charge in [0.05, 0.1) is 5.41 Å². The van der Waals surface area contributed by atoms with E-state index in [0.717, 1.165) is 31.6 Å². The molecule has 4 rings (SSSR count). The summed E-state index contributed by atoms with van der Waals surface area (Å²) in [6, 6.07) is 8.33. The molecule has 3 fully saturated rings. The fourth-order valence-corrected chi connectivity index (χ4v) is 3.26. The van der Waals surface area contributed by atoms with Crippen LogP contribution in [-0.4, -0.2) is 19.0 Å². The second-order valence-corrected chi connectivity index (χ2v) is 6.31. The number of hydrogen-bond acceptors (Lipinski definition) is 2. The van der Waals surface area contributed by atoms with Crippen molar-refractivity contribution in [3.05, 3.63) is 24.3 Å². The van der Waals surface area contributed by atoms with Gasteiger partial charge in [-0.1, -0.05) is 6.07 Å². The second-order valence-electron chi connectivity index (χ2n) is 6.31. The maximum atomic E-state index is 12.1. The average Bonchev–Trinajstić information content (AvgIpc) is 3.29. The minimum atomic E-state index is 0.0567. The molecule has 0 aromatic heterocycles. The number of fused-ring (bicyclic) bond motifs is 1. The van der Waals surface area contributed by atoms with Crippen LogP contribution in [-0.2, 0) is 4.79 Å². The van der Waals surface area contributed by atoms with Gasteiger partial charge in [0.1, 0.15) is 0 Å². The Morgan fingerprint density at radius 1 is 1.21 bits per heavy atom. The first-order valence-corrected chi connectivity index (χ1v) is 7.44. The highest BCUT2D eigenvalue weighted by atomic mass is 16.2. The quantitative estimate of drug-likeness (QED) is 0.901. The van der Waals surface area contributed by atoms with Crippen molar-refractivity contribution in [2.45, 2.75) is 32.1 Å². The third-order valence-electron chi connectivity index (χ3n) is 4.96. The van der Waals surface area contributed by atoms with Crippen LogP contribution in [0.4, 0.5) is 11.4 Å². The van der Waals surface area contributed by atoms with Gasteiger partial charge in [-0.25, -0.2) is 0 Å². The van der Waals surface area contributed by atoms with Gasteiger partial charge < -0.3 is 10.2 Å². The van der Waals surface area contributed by atoms with E-state index in [-0.39, 0.29) is 11.3 Å². The third kappa shape index (κ3) is 1.92. The van der Waals surface area contributed by atoms with Crippen LogP contribution in [0.1, 0.15) is 32.1 Å². The Kier molecular flexibility index (Phi) is 2.38. The molecule has 1 heterocycles. The highest BCUT2D eigenvalue weighted by molar-refractivity contribution is 6.00. The molecule has 1 N–H and O–H groups in total. The molecule has 2 saturated carbocycles. The predicted octanol–water partition coefficient (Wildman–Crippen LogP) is 3.03. The first-order valence-electron chi connectivity index (χ1n) is 7.44. The van der Waals surface area contributed by atoms with Crippen LogP contribution in [0.2, 0.25) is 0 Å². The van der Waals surface area contributed by atoms with E-state index in [2.05, 4.69) is 28.4 Å². The van der Waals surface area contributed by atoms with Gasteiger partial charge in [0.15, 0.2) is 0 Å². The van der Waals surface area contributed by atoms with Crippen molar-refractivity contribution in [2.24, 2.45) is 11.3 Å². The van der Waals surface area contributed by atoms with Gasteiger partial charge in [0, 0.05) is 24.5 Å². The number of carbonyl (C=O) groups is 1. The zero-order chi connectivity index (χ0) is 12.9. The molecule has 1 aliphatic heterocycles. The summed E-state index contributed by atoms with van der Waals surface area (Å²) < 4.78 is 0. The summed E-state index contributed by atoms with van der Waals surface area (Å²) >= 11 is 0. The summed E-state index contributed by atoms with van der Waals surface area (Å²) in [6.07, 6.45) is 6.13. The van der Waals surface area contributed by atoms with E-state index >= 15 is 0 Å². The van der Waals surface area contributed by atoms with Crippen LogP contribution in [0.25, 0.3) is 0 Å². The molecule has 0 unspecified atom stereocenters. The Morgan fingerprint density at radius 2 is 1.95 bits per heavy atom. The lowest BCUT2D eigenvalue weighted by Crippen LogP contribution is -2.29. The zero-order valence-corrected chi connectivity index (χ0v) is 11.2. The molecule has 1 amide bonds. The number of carbonyl (C=O) groups excluding carboxylic acids is 1. The van der Waals surface area contributed by atoms with Crippen LogP contribution in [0.15, 0.2) is 24.3 Å². The van der Waals surface area contributed by atoms with Crippen LogP contribution < -0.4 is 10.2 Å². The van der Waals surface area contributed by atoms with Crippen molar-refractivity contribution in [1.29, 1.82) is 0 Å². The molecule has 3 aliphatic rings. The third-order valence-corrected chi connectivity index (χ3v) is 4.96. The topological polar surface area (TPSA) is 32.3 Å². The summed E-state index contributed by atoms with van der Waals surface area (Å²) in [7, 11) is 0. The van der Waals surface area contributed by atoms with Crippen LogP contribution in [0.5, 0.6) is 0 Å². The van der Waals surface area contributed by atoms with Gasteiger partial charge in [0.25, 0.3) is 0 Å². The highest BCUT2D eigenvalue weighted by Gasteiger charge is 2.74. The minimum absolute atomic E-state index is 0.0567. The number of piperidine rings is 1. The monoisotopic (exact) mass is 256 g/mol. The lowest BCUT2D eigenvalue weighted by molar-refractivity contribution is -0.119. The lowest BCUT2D eigenvalue weighted by atomic mass is 10.1. The molecular weight excluding hydrogens is 236 g/mol. The Labute approximate surface area is 114 Å². The normalized spacial score (nSPS) is 31.6. The van der Waals surface area contributed by atoms with Gasteiger partial charge in [-0.3, -0.25) is 4.79 Å². The van der Waals surface area contributed by atoms with Gasteiger partial charge in [0.2, 0.25) is 5.91 Å². The Hall–Kier alpha value is -1.51. The molecule has 0 radical (unpaired) electrons. The van der Waals surface area contributed by atoms with Gasteiger partial charge in [-0.05, 0) is 56.2 Å². The Bertz CT molecular complexity index is 513. The molecule has 3 nitrogen and oxygen atoms in total. The van der Waals surface area contributed by atoms with Gasteiger partial charge in [-0.2, -0.15) is 0 Å². The molecule has 100 valence electrons. The van der Waals surface area contributed by atoms with Crippen LogP contribution >= 0.6 is 0 Å². The van der Waals surface area contributed by atoms with Crippen molar-refractivity contribution in [1.82, 2.24) is 0 Å². The highest BCUT2D eigenvalue weighted by Crippen LogP contribution is 2.75. The molecule has 1 aromatic carbocycles. The van der Waals surface area contributed by atoms with E-state index in [1.807, 2.05) is 6.07 Å². The standard InChI is InChI=1S/C16H20N2O/c19-15(16-10-12(16)11-16)17-13-5-4-6-14(9-13)18-7-2-1-3-8-18/h4-6,9,12H,1-3,7-8,10-11H2,(H,17,19). The molecular formula is C16H20N2O. The maximum absolute atomic E-state index is 12.1. The number of benzene rings is 1. The molecule has 3 heteroatoms. The minimum Gasteiger partial charge on any atom is -0.371 e. The van der Waals surface area contributed by atoms with Crippen LogP contribution in [0.3, 0.4) is 0 Å². The summed E-state index contributed by atoms with van der Waals surface area (Å²) in [4.78, 5) is 14.5.